The van der Waals surface area contributed by atoms with E-state index in [0.717, 1.165) is 18.7 Å². The van der Waals surface area contributed by atoms with E-state index in [2.05, 4.69) is 18.9 Å². The maximum Gasteiger partial charge on any atom is 0.292 e. The highest BCUT2D eigenvalue weighted by molar-refractivity contribution is 7.71. The van der Waals surface area contributed by atoms with Crippen molar-refractivity contribution in [1.82, 2.24) is 9.78 Å². The molecule has 22 heavy (non-hydrogen) atoms. The van der Waals surface area contributed by atoms with E-state index >= 15 is 0 Å². The topological polar surface area (TPSA) is 44.6 Å². The first-order valence-electron chi connectivity index (χ1n) is 7.35. The van der Waals surface area contributed by atoms with Crippen molar-refractivity contribution < 1.29 is 14.1 Å². The van der Waals surface area contributed by atoms with Crippen molar-refractivity contribution in [2.75, 3.05) is 13.1 Å². The summed E-state index contributed by atoms with van der Waals surface area (Å²) in [4.78, 5) is 1.75. The Kier molecular flexibility index (Phi) is 4.63. The van der Waals surface area contributed by atoms with Gasteiger partial charge in [0.25, 0.3) is 4.84 Å². The number of ether oxygens (including phenoxy) is 1. The molecular weight excluding hydrogens is 322 g/mol. The number of rotatable bonds is 3. The van der Waals surface area contributed by atoms with Gasteiger partial charge in [-0.3, -0.25) is 0 Å². The third kappa shape index (κ3) is 3.41. The Morgan fingerprint density at radius 3 is 2.68 bits per heavy atom. The number of benzene rings is 1. The SMILES string of the molecule is C[C@H]1C[NH+](Cn2nc(-c3ccccc3Cl)oc2=S)C[C@H](C)O1. The number of morpholine rings is 1. The second-order valence-corrected chi connectivity index (χ2v) is 6.48. The second kappa shape index (κ2) is 6.50. The van der Waals surface area contributed by atoms with E-state index in [1.807, 2.05) is 24.3 Å². The van der Waals surface area contributed by atoms with Crippen LogP contribution in [0.15, 0.2) is 28.7 Å². The van der Waals surface area contributed by atoms with Crippen molar-refractivity contribution in [2.24, 2.45) is 0 Å². The van der Waals surface area contributed by atoms with E-state index in [0.29, 0.717) is 22.4 Å². The number of nitrogens with one attached hydrogen (secondary N) is 1. The van der Waals surface area contributed by atoms with Crippen LogP contribution in [0.3, 0.4) is 0 Å². The summed E-state index contributed by atoms with van der Waals surface area (Å²) in [6, 6.07) is 7.46. The maximum absolute atomic E-state index is 6.19. The van der Waals surface area contributed by atoms with Gasteiger partial charge >= 0.3 is 0 Å². The van der Waals surface area contributed by atoms with Crippen LogP contribution in [0.2, 0.25) is 5.02 Å². The van der Waals surface area contributed by atoms with Crippen LogP contribution in [-0.4, -0.2) is 35.1 Å². The number of aromatic nitrogens is 2. The van der Waals surface area contributed by atoms with E-state index in [-0.39, 0.29) is 12.2 Å². The van der Waals surface area contributed by atoms with Gasteiger partial charge in [-0.1, -0.05) is 23.7 Å². The number of hydrogen-bond donors (Lipinski definition) is 1. The van der Waals surface area contributed by atoms with E-state index in [1.165, 1.54) is 4.90 Å². The van der Waals surface area contributed by atoms with Gasteiger partial charge in [-0.15, -0.1) is 5.10 Å². The minimum Gasteiger partial charge on any atom is -0.409 e. The normalized spacial score (nSPS) is 25.3. The molecule has 1 N–H and O–H groups in total. The van der Waals surface area contributed by atoms with Gasteiger partial charge in [0.1, 0.15) is 25.3 Å². The molecule has 2 atom stereocenters. The highest BCUT2D eigenvalue weighted by atomic mass is 35.5. The summed E-state index contributed by atoms with van der Waals surface area (Å²) in [6.07, 6.45) is 0.478. The standard InChI is InChI=1S/C15H18ClN3O2S/c1-10-7-18(8-11(2)20-10)9-19-15(22)21-14(17-19)12-5-3-4-6-13(12)16/h3-6,10-11H,7-9H2,1-2H3/p+1/t10-,11-/m0/s1. The van der Waals surface area contributed by atoms with Crippen molar-refractivity contribution in [1.29, 1.82) is 0 Å². The minimum atomic E-state index is 0.239. The lowest BCUT2D eigenvalue weighted by Gasteiger charge is -2.31. The van der Waals surface area contributed by atoms with Gasteiger partial charge in [-0.05, 0) is 38.2 Å². The number of hydrogen-bond acceptors (Lipinski definition) is 4. The molecule has 1 aromatic carbocycles. The van der Waals surface area contributed by atoms with Crippen molar-refractivity contribution in [3.63, 3.8) is 0 Å². The molecule has 0 spiro atoms. The van der Waals surface area contributed by atoms with Gasteiger partial charge in [-0.25, -0.2) is 0 Å². The van der Waals surface area contributed by atoms with E-state index < -0.39 is 0 Å². The zero-order valence-corrected chi connectivity index (χ0v) is 14.2. The summed E-state index contributed by atoms with van der Waals surface area (Å²) < 4.78 is 13.1. The average molecular weight is 341 g/mol. The van der Waals surface area contributed by atoms with Gasteiger partial charge in [0, 0.05) is 0 Å². The van der Waals surface area contributed by atoms with E-state index in [1.54, 1.807) is 4.68 Å². The molecule has 1 aliphatic rings. The summed E-state index contributed by atoms with van der Waals surface area (Å²) in [5, 5.41) is 5.09. The summed E-state index contributed by atoms with van der Waals surface area (Å²) in [6.45, 7) is 6.71. The molecule has 1 aromatic heterocycles. The van der Waals surface area contributed by atoms with Crippen molar-refractivity contribution in [2.45, 2.75) is 32.7 Å². The monoisotopic (exact) mass is 340 g/mol. The lowest BCUT2D eigenvalue weighted by molar-refractivity contribution is -0.937. The fraction of sp³-hybridized carbons (Fsp3) is 0.467. The van der Waals surface area contributed by atoms with Crippen LogP contribution < -0.4 is 4.90 Å². The Hall–Kier alpha value is -1.21. The van der Waals surface area contributed by atoms with Crippen LogP contribution >= 0.6 is 23.8 Å². The van der Waals surface area contributed by atoms with Crippen LogP contribution in [0.5, 0.6) is 0 Å². The molecule has 5 nitrogen and oxygen atoms in total. The molecule has 7 heteroatoms. The van der Waals surface area contributed by atoms with Crippen LogP contribution in [0.1, 0.15) is 13.8 Å². The summed E-state index contributed by atoms with van der Waals surface area (Å²) in [5.41, 5.74) is 0.757. The third-order valence-corrected chi connectivity index (χ3v) is 4.32. The molecule has 118 valence electrons. The summed E-state index contributed by atoms with van der Waals surface area (Å²) >= 11 is 11.5. The molecule has 1 aliphatic heterocycles. The molecule has 2 aromatic rings. The van der Waals surface area contributed by atoms with Gasteiger partial charge in [0.2, 0.25) is 5.89 Å². The zero-order valence-electron chi connectivity index (χ0n) is 12.6. The Labute approximate surface area is 139 Å². The number of quaternary nitrogens is 1. The van der Waals surface area contributed by atoms with Crippen molar-refractivity contribution in [3.8, 4) is 11.5 Å². The van der Waals surface area contributed by atoms with Gasteiger partial charge in [0.05, 0.1) is 10.6 Å². The van der Waals surface area contributed by atoms with Crippen LogP contribution in [0, 0.1) is 4.84 Å². The third-order valence-electron chi connectivity index (χ3n) is 3.70. The average Bonchev–Trinajstić information content (AvgIpc) is 2.79. The first-order chi connectivity index (χ1) is 10.5. The fourth-order valence-electron chi connectivity index (χ4n) is 2.88. The summed E-state index contributed by atoms with van der Waals surface area (Å²) in [5.74, 6) is 0.462. The number of halogens is 1. The zero-order chi connectivity index (χ0) is 15.7. The maximum atomic E-state index is 6.19. The van der Waals surface area contributed by atoms with Crippen molar-refractivity contribution >= 4 is 23.8 Å². The molecule has 1 saturated heterocycles. The number of nitrogens with zero attached hydrogens (tertiary/aromatic N) is 2. The molecule has 0 amide bonds. The Bertz CT molecular complexity index is 705. The van der Waals surface area contributed by atoms with Gasteiger partial charge in [0.15, 0.2) is 6.67 Å². The highest BCUT2D eigenvalue weighted by Gasteiger charge is 2.26. The smallest absolute Gasteiger partial charge is 0.292 e. The van der Waals surface area contributed by atoms with Crippen LogP contribution in [0.4, 0.5) is 0 Å². The predicted molar refractivity (Wildman–Crippen MR) is 86.5 cm³/mol. The Morgan fingerprint density at radius 2 is 2.00 bits per heavy atom. The molecule has 1 fully saturated rings. The van der Waals surface area contributed by atoms with E-state index in [4.69, 9.17) is 33.0 Å². The Morgan fingerprint density at radius 1 is 1.32 bits per heavy atom. The minimum absolute atomic E-state index is 0.239. The lowest BCUT2D eigenvalue weighted by atomic mass is 10.2. The highest BCUT2D eigenvalue weighted by Crippen LogP contribution is 2.26. The fourth-order valence-corrected chi connectivity index (χ4v) is 3.28. The molecule has 3 rings (SSSR count). The van der Waals surface area contributed by atoms with Gasteiger partial charge < -0.3 is 14.1 Å². The first kappa shape index (κ1) is 15.7. The van der Waals surface area contributed by atoms with Crippen molar-refractivity contribution in [3.05, 3.63) is 34.1 Å². The second-order valence-electron chi connectivity index (χ2n) is 5.73. The van der Waals surface area contributed by atoms with Crippen LogP contribution in [-0.2, 0) is 11.4 Å². The molecule has 0 unspecified atom stereocenters. The molecular formula is C15H19ClN3O2S+. The Balaban J connectivity index is 1.81. The molecule has 0 bridgehead atoms. The van der Waals surface area contributed by atoms with Gasteiger partial charge in [-0.2, -0.15) is 4.68 Å². The predicted octanol–water partition coefficient (Wildman–Crippen LogP) is 2.18. The van der Waals surface area contributed by atoms with Crippen LogP contribution in [0.25, 0.3) is 11.5 Å². The lowest BCUT2D eigenvalue weighted by Crippen LogP contribution is -3.14. The summed E-state index contributed by atoms with van der Waals surface area (Å²) in [7, 11) is 0. The quantitative estimate of drug-likeness (QED) is 0.870. The van der Waals surface area contributed by atoms with E-state index in [9.17, 15) is 0 Å². The molecule has 2 heterocycles. The molecule has 0 radical (unpaired) electrons. The largest absolute Gasteiger partial charge is 0.409 e. The molecule has 0 saturated carbocycles. The first-order valence-corrected chi connectivity index (χ1v) is 8.13. The molecule has 0 aliphatic carbocycles.